The van der Waals surface area contributed by atoms with Crippen LogP contribution in [0, 0.1) is 0 Å². The first-order valence-electron chi connectivity index (χ1n) is 10.7. The Labute approximate surface area is 191 Å². The number of hydrogen-bond acceptors (Lipinski definition) is 6. The van der Waals surface area contributed by atoms with Crippen molar-refractivity contribution >= 4 is 11.8 Å². The topological polar surface area (TPSA) is 67.0 Å². The molecule has 1 fully saturated rings. The number of ether oxygens (including phenoxy) is 2. The highest BCUT2D eigenvalue weighted by molar-refractivity contribution is 7.98. The lowest BCUT2D eigenvalue weighted by Crippen LogP contribution is -2.16. The number of nitrogens with zero attached hydrogens (tertiary/aromatic N) is 5. The standard InChI is InChI=1S/C24H25N5O2S/c1-30-21-11-7-19(8-12-21)23-26-27-24(28(23)16-22-4-2-15-31-22)32-17-18-5-9-20(10-6-18)29-14-3-13-25-29/h3,5-14,22H,2,4,15-17H2,1H3/t22-/m0/s1. The normalized spacial score (nSPS) is 15.8. The van der Waals surface area contributed by atoms with Crippen LogP contribution < -0.4 is 4.74 Å². The van der Waals surface area contributed by atoms with Gasteiger partial charge in [0.1, 0.15) is 5.75 Å². The Kier molecular flexibility index (Phi) is 6.22. The van der Waals surface area contributed by atoms with Gasteiger partial charge in [-0.3, -0.25) is 4.57 Å². The van der Waals surface area contributed by atoms with E-state index in [1.54, 1.807) is 25.1 Å². The van der Waals surface area contributed by atoms with Crippen LogP contribution in [0.4, 0.5) is 0 Å². The highest BCUT2D eigenvalue weighted by Gasteiger charge is 2.22. The Morgan fingerprint density at radius 2 is 1.94 bits per heavy atom. The van der Waals surface area contributed by atoms with E-state index in [0.717, 1.165) is 59.7 Å². The number of benzene rings is 2. The molecule has 0 unspecified atom stereocenters. The van der Waals surface area contributed by atoms with Gasteiger partial charge in [0, 0.05) is 30.3 Å². The molecule has 5 rings (SSSR count). The van der Waals surface area contributed by atoms with Crippen LogP contribution in [0.15, 0.2) is 72.1 Å². The van der Waals surface area contributed by atoms with Crippen molar-refractivity contribution in [2.45, 2.75) is 36.4 Å². The summed E-state index contributed by atoms with van der Waals surface area (Å²) in [7, 11) is 1.67. The average Bonchev–Trinajstić information content (AvgIpc) is 3.61. The van der Waals surface area contributed by atoms with Crippen molar-refractivity contribution in [1.29, 1.82) is 0 Å². The van der Waals surface area contributed by atoms with Gasteiger partial charge in [-0.1, -0.05) is 23.9 Å². The molecule has 0 bridgehead atoms. The van der Waals surface area contributed by atoms with Crippen molar-refractivity contribution in [1.82, 2.24) is 24.5 Å². The molecule has 7 nitrogen and oxygen atoms in total. The van der Waals surface area contributed by atoms with E-state index in [-0.39, 0.29) is 6.10 Å². The minimum absolute atomic E-state index is 0.204. The van der Waals surface area contributed by atoms with Crippen molar-refractivity contribution in [2.75, 3.05) is 13.7 Å². The minimum atomic E-state index is 0.204. The molecule has 0 aliphatic carbocycles. The molecule has 1 atom stereocenters. The summed E-state index contributed by atoms with van der Waals surface area (Å²) in [5.41, 5.74) is 3.29. The summed E-state index contributed by atoms with van der Waals surface area (Å²) in [4.78, 5) is 0. The Balaban J connectivity index is 1.35. The van der Waals surface area contributed by atoms with Gasteiger partial charge in [-0.05, 0) is 60.9 Å². The van der Waals surface area contributed by atoms with E-state index in [1.165, 1.54) is 5.56 Å². The third-order valence-corrected chi connectivity index (χ3v) is 6.59. The Bertz CT molecular complexity index is 1130. The molecule has 1 saturated heterocycles. The number of aromatic nitrogens is 5. The predicted octanol–water partition coefficient (Wildman–Crippen LogP) is 4.61. The van der Waals surface area contributed by atoms with Gasteiger partial charge in [0.05, 0.1) is 25.4 Å². The zero-order chi connectivity index (χ0) is 21.8. The summed E-state index contributed by atoms with van der Waals surface area (Å²) in [6.45, 7) is 1.59. The van der Waals surface area contributed by atoms with Gasteiger partial charge in [-0.25, -0.2) is 4.68 Å². The van der Waals surface area contributed by atoms with Gasteiger partial charge in [0.15, 0.2) is 11.0 Å². The maximum absolute atomic E-state index is 5.91. The molecule has 0 amide bonds. The molecular weight excluding hydrogens is 422 g/mol. The Hall–Kier alpha value is -3.10. The molecule has 1 aliphatic heterocycles. The molecule has 32 heavy (non-hydrogen) atoms. The summed E-state index contributed by atoms with van der Waals surface area (Å²) in [6, 6.07) is 18.3. The SMILES string of the molecule is COc1ccc(-c2nnc(SCc3ccc(-n4cccn4)cc3)n2C[C@@H]2CCCO2)cc1. The average molecular weight is 448 g/mol. The monoisotopic (exact) mass is 447 g/mol. The summed E-state index contributed by atoms with van der Waals surface area (Å²) < 4.78 is 15.3. The smallest absolute Gasteiger partial charge is 0.191 e. The zero-order valence-electron chi connectivity index (χ0n) is 17.9. The van der Waals surface area contributed by atoms with Gasteiger partial charge < -0.3 is 9.47 Å². The van der Waals surface area contributed by atoms with E-state index < -0.39 is 0 Å². The molecule has 2 aromatic heterocycles. The fraction of sp³-hybridized carbons (Fsp3) is 0.292. The molecule has 1 aliphatic rings. The summed E-state index contributed by atoms with van der Waals surface area (Å²) in [6.07, 6.45) is 6.11. The number of methoxy groups -OCH3 is 1. The van der Waals surface area contributed by atoms with Gasteiger partial charge in [0.2, 0.25) is 0 Å². The van der Waals surface area contributed by atoms with E-state index in [2.05, 4.69) is 44.1 Å². The third kappa shape index (κ3) is 4.56. The van der Waals surface area contributed by atoms with Gasteiger partial charge >= 0.3 is 0 Å². The molecular formula is C24H25N5O2S. The first kappa shape index (κ1) is 20.8. The molecule has 2 aromatic carbocycles. The molecule has 0 spiro atoms. The lowest BCUT2D eigenvalue weighted by Gasteiger charge is -2.15. The van der Waals surface area contributed by atoms with E-state index >= 15 is 0 Å². The summed E-state index contributed by atoms with van der Waals surface area (Å²) in [5, 5.41) is 14.2. The molecule has 8 heteroatoms. The van der Waals surface area contributed by atoms with Gasteiger partial charge in [0.25, 0.3) is 0 Å². The second-order valence-corrected chi connectivity index (χ2v) is 8.63. The predicted molar refractivity (Wildman–Crippen MR) is 124 cm³/mol. The highest BCUT2D eigenvalue weighted by Crippen LogP contribution is 2.29. The first-order valence-corrected chi connectivity index (χ1v) is 11.7. The largest absolute Gasteiger partial charge is 0.497 e. The minimum Gasteiger partial charge on any atom is -0.497 e. The van der Waals surface area contributed by atoms with Crippen molar-refractivity contribution in [2.24, 2.45) is 0 Å². The third-order valence-electron chi connectivity index (χ3n) is 5.55. The van der Waals surface area contributed by atoms with Crippen LogP contribution >= 0.6 is 11.8 Å². The second kappa shape index (κ2) is 9.58. The Morgan fingerprint density at radius 3 is 2.62 bits per heavy atom. The fourth-order valence-electron chi connectivity index (χ4n) is 3.82. The molecule has 4 aromatic rings. The van der Waals surface area contributed by atoms with Crippen LogP contribution in [0.3, 0.4) is 0 Å². The molecule has 0 radical (unpaired) electrons. The lowest BCUT2D eigenvalue weighted by atomic mass is 10.2. The summed E-state index contributed by atoms with van der Waals surface area (Å²) >= 11 is 1.70. The lowest BCUT2D eigenvalue weighted by molar-refractivity contribution is 0.0953. The van der Waals surface area contributed by atoms with Crippen LogP contribution in [-0.2, 0) is 17.0 Å². The van der Waals surface area contributed by atoms with Crippen LogP contribution in [0.5, 0.6) is 5.75 Å². The summed E-state index contributed by atoms with van der Waals surface area (Å²) in [5.74, 6) is 2.50. The van der Waals surface area contributed by atoms with Gasteiger partial charge in [-0.2, -0.15) is 5.10 Å². The maximum Gasteiger partial charge on any atom is 0.191 e. The first-order chi connectivity index (χ1) is 15.8. The molecule has 0 saturated carbocycles. The fourth-order valence-corrected chi connectivity index (χ4v) is 4.72. The molecule has 0 N–H and O–H groups in total. The van der Waals surface area contributed by atoms with E-state index in [0.29, 0.717) is 0 Å². The van der Waals surface area contributed by atoms with E-state index in [9.17, 15) is 0 Å². The molecule has 3 heterocycles. The molecule has 164 valence electrons. The second-order valence-electron chi connectivity index (χ2n) is 7.69. The van der Waals surface area contributed by atoms with E-state index in [1.807, 2.05) is 41.2 Å². The van der Waals surface area contributed by atoms with Crippen LogP contribution in [0.1, 0.15) is 18.4 Å². The quantitative estimate of drug-likeness (QED) is 0.368. The van der Waals surface area contributed by atoms with E-state index in [4.69, 9.17) is 9.47 Å². The number of hydrogen-bond donors (Lipinski definition) is 0. The zero-order valence-corrected chi connectivity index (χ0v) is 18.7. The van der Waals surface area contributed by atoms with Gasteiger partial charge in [-0.15, -0.1) is 10.2 Å². The van der Waals surface area contributed by atoms with Crippen LogP contribution in [0.25, 0.3) is 17.1 Å². The van der Waals surface area contributed by atoms with Crippen LogP contribution in [0.2, 0.25) is 0 Å². The van der Waals surface area contributed by atoms with Crippen LogP contribution in [-0.4, -0.2) is 44.4 Å². The maximum atomic E-state index is 5.91. The van der Waals surface area contributed by atoms with Crippen molar-refractivity contribution in [3.63, 3.8) is 0 Å². The Morgan fingerprint density at radius 1 is 1.09 bits per heavy atom. The number of rotatable bonds is 8. The van der Waals surface area contributed by atoms with Crippen molar-refractivity contribution in [3.05, 3.63) is 72.6 Å². The van der Waals surface area contributed by atoms with Crippen molar-refractivity contribution in [3.8, 4) is 22.8 Å². The van der Waals surface area contributed by atoms with Crippen molar-refractivity contribution < 1.29 is 9.47 Å². The number of thioether (sulfide) groups is 1. The highest BCUT2D eigenvalue weighted by atomic mass is 32.2.